The molecule has 0 radical (unpaired) electrons. The Bertz CT molecular complexity index is 507. The zero-order valence-electron chi connectivity index (χ0n) is 13.0. The molecule has 1 N–H and O–H groups in total. The summed E-state index contributed by atoms with van der Waals surface area (Å²) >= 11 is 0. The van der Waals surface area contributed by atoms with Crippen LogP contribution in [-0.4, -0.2) is 65.7 Å². The summed E-state index contributed by atoms with van der Waals surface area (Å²) in [7, 11) is 1.47. The van der Waals surface area contributed by atoms with Crippen LogP contribution in [0.15, 0.2) is 0 Å². The second-order valence-corrected chi connectivity index (χ2v) is 7.45. The van der Waals surface area contributed by atoms with Crippen LogP contribution in [0.3, 0.4) is 0 Å². The lowest BCUT2D eigenvalue weighted by atomic mass is 9.34. The van der Waals surface area contributed by atoms with Crippen molar-refractivity contribution < 1.29 is 27.9 Å². The Morgan fingerprint density at radius 1 is 1.17 bits per heavy atom. The maximum absolute atomic E-state index is 12.5. The second-order valence-electron chi connectivity index (χ2n) is 7.45. The highest BCUT2D eigenvalue weighted by Crippen LogP contribution is 2.73. The number of hydrogen-bond donors (Lipinski definition) is 1. The van der Waals surface area contributed by atoms with Crippen LogP contribution in [0, 0.1) is 10.8 Å². The van der Waals surface area contributed by atoms with Crippen LogP contribution < -0.4 is 0 Å². The Hall–Kier alpha value is -1.31. The molecular weight excluding hydrogens is 313 g/mol. The molecule has 3 aliphatic carbocycles. The summed E-state index contributed by atoms with van der Waals surface area (Å²) in [5, 5.41) is 9.10. The second kappa shape index (κ2) is 5.09. The van der Waals surface area contributed by atoms with Gasteiger partial charge in [0.05, 0.1) is 17.4 Å². The van der Waals surface area contributed by atoms with E-state index in [1.165, 1.54) is 11.9 Å². The molecule has 0 aromatic rings. The van der Waals surface area contributed by atoms with Gasteiger partial charge in [0.2, 0.25) is 5.91 Å². The van der Waals surface area contributed by atoms with E-state index in [2.05, 4.69) is 0 Å². The average molecular weight is 334 g/mol. The Balaban J connectivity index is 1.49. The summed E-state index contributed by atoms with van der Waals surface area (Å²) < 4.78 is 37.3. The van der Waals surface area contributed by atoms with E-state index in [1.54, 1.807) is 4.90 Å². The van der Waals surface area contributed by atoms with Crippen molar-refractivity contribution >= 4 is 11.9 Å². The minimum atomic E-state index is -4.21. The lowest BCUT2D eigenvalue weighted by Crippen LogP contribution is -2.71. The van der Waals surface area contributed by atoms with Gasteiger partial charge >= 0.3 is 12.1 Å². The first-order valence-corrected chi connectivity index (χ1v) is 7.87. The summed E-state index contributed by atoms with van der Waals surface area (Å²) in [6, 6.07) is -0.168. The van der Waals surface area contributed by atoms with Crippen molar-refractivity contribution in [3.63, 3.8) is 0 Å². The molecule has 23 heavy (non-hydrogen) atoms. The molecule has 0 aromatic heterocycles. The lowest BCUT2D eigenvalue weighted by Gasteiger charge is -2.67. The number of nitrogens with zero attached hydrogens (tertiary/aromatic N) is 2. The van der Waals surface area contributed by atoms with Crippen LogP contribution in [-0.2, 0) is 9.59 Å². The predicted molar refractivity (Wildman–Crippen MR) is 74.6 cm³/mol. The van der Waals surface area contributed by atoms with Crippen molar-refractivity contribution in [2.45, 2.75) is 44.3 Å². The first-order valence-electron chi connectivity index (χ1n) is 7.87. The monoisotopic (exact) mass is 334 g/mol. The molecule has 0 aromatic carbocycles. The third kappa shape index (κ3) is 2.70. The van der Waals surface area contributed by atoms with Crippen LogP contribution in [0.25, 0.3) is 0 Å². The summed E-state index contributed by atoms with van der Waals surface area (Å²) in [5.74, 6) is -0.822. The third-order valence-electron chi connectivity index (χ3n) is 5.74. The lowest BCUT2D eigenvalue weighted by molar-refractivity contribution is -0.227. The fourth-order valence-electron chi connectivity index (χ4n) is 4.50. The molecule has 1 heterocycles. The summed E-state index contributed by atoms with van der Waals surface area (Å²) in [5.41, 5.74) is -1.18. The highest BCUT2D eigenvalue weighted by atomic mass is 19.4. The summed E-state index contributed by atoms with van der Waals surface area (Å²) in [6.07, 6.45) is -1.90. The molecule has 5 nitrogen and oxygen atoms in total. The minimum absolute atomic E-state index is 0.00227. The molecule has 2 bridgehead atoms. The molecule has 8 heteroatoms. The molecule has 4 aliphatic rings. The van der Waals surface area contributed by atoms with Gasteiger partial charge < -0.3 is 10.0 Å². The molecular formula is C15H21F3N2O3. The molecule has 130 valence electrons. The molecule has 3 saturated carbocycles. The van der Waals surface area contributed by atoms with Crippen molar-refractivity contribution in [2.75, 3.05) is 26.7 Å². The fourth-order valence-corrected chi connectivity index (χ4v) is 4.50. The van der Waals surface area contributed by atoms with Crippen molar-refractivity contribution in [1.82, 2.24) is 9.80 Å². The van der Waals surface area contributed by atoms with E-state index >= 15 is 0 Å². The van der Waals surface area contributed by atoms with E-state index in [4.69, 9.17) is 5.11 Å². The van der Waals surface area contributed by atoms with Crippen LogP contribution >= 0.6 is 0 Å². The van der Waals surface area contributed by atoms with Crippen molar-refractivity contribution in [3.05, 3.63) is 0 Å². The van der Waals surface area contributed by atoms with Gasteiger partial charge in [-0.25, -0.2) is 0 Å². The molecule has 1 saturated heterocycles. The molecule has 1 amide bonds. The first-order chi connectivity index (χ1) is 10.6. The van der Waals surface area contributed by atoms with E-state index < -0.39 is 29.5 Å². The number of hydrogen-bond acceptors (Lipinski definition) is 3. The number of carboxylic acid groups (broad SMARTS) is 1. The van der Waals surface area contributed by atoms with Gasteiger partial charge in [-0.05, 0) is 39.2 Å². The van der Waals surface area contributed by atoms with Gasteiger partial charge in [0.25, 0.3) is 0 Å². The average Bonchev–Trinajstić information content (AvgIpc) is 2.33. The highest BCUT2D eigenvalue weighted by molar-refractivity contribution is 5.93. The van der Waals surface area contributed by atoms with Crippen LogP contribution in [0.5, 0.6) is 0 Å². The van der Waals surface area contributed by atoms with E-state index in [0.717, 1.165) is 0 Å². The number of rotatable bonds is 4. The van der Waals surface area contributed by atoms with Gasteiger partial charge in [0.1, 0.15) is 0 Å². The molecule has 1 aliphatic heterocycles. The van der Waals surface area contributed by atoms with Crippen molar-refractivity contribution in [1.29, 1.82) is 0 Å². The van der Waals surface area contributed by atoms with Crippen LogP contribution in [0.4, 0.5) is 13.2 Å². The molecule has 0 spiro atoms. The van der Waals surface area contributed by atoms with Gasteiger partial charge in [-0.1, -0.05) is 0 Å². The molecule has 0 unspecified atom stereocenters. The SMILES string of the molecule is CN(CC(F)(F)F)C1CCN(C(=O)C23CC(C(=O)O)(C2)C3)CC1. The Morgan fingerprint density at radius 3 is 2.13 bits per heavy atom. The summed E-state index contributed by atoms with van der Waals surface area (Å²) in [6.45, 7) is -0.0300. The molecule has 4 rings (SSSR count). The molecule has 0 atom stereocenters. The number of likely N-dealkylation sites (tertiary alicyclic amines) is 1. The zero-order valence-corrected chi connectivity index (χ0v) is 13.0. The number of carbonyl (C=O) groups is 2. The van der Waals surface area contributed by atoms with Gasteiger partial charge in [-0.2, -0.15) is 13.2 Å². The van der Waals surface area contributed by atoms with Gasteiger partial charge in [0, 0.05) is 19.1 Å². The van der Waals surface area contributed by atoms with E-state index in [0.29, 0.717) is 45.2 Å². The Morgan fingerprint density at radius 2 is 1.70 bits per heavy atom. The third-order valence-corrected chi connectivity index (χ3v) is 5.74. The van der Waals surface area contributed by atoms with Crippen LogP contribution in [0.2, 0.25) is 0 Å². The van der Waals surface area contributed by atoms with Gasteiger partial charge in [-0.3, -0.25) is 14.5 Å². The minimum Gasteiger partial charge on any atom is -0.481 e. The smallest absolute Gasteiger partial charge is 0.401 e. The largest absolute Gasteiger partial charge is 0.481 e. The predicted octanol–water partition coefficient (Wildman–Crippen LogP) is 1.73. The number of carbonyl (C=O) groups excluding carboxylic acids is 1. The maximum Gasteiger partial charge on any atom is 0.401 e. The van der Waals surface area contributed by atoms with E-state index in [-0.39, 0.29) is 11.9 Å². The fraction of sp³-hybridized carbons (Fsp3) is 0.867. The highest BCUT2D eigenvalue weighted by Gasteiger charge is 2.75. The van der Waals surface area contributed by atoms with Gasteiger partial charge in [0.15, 0.2) is 0 Å². The molecule has 4 fully saturated rings. The Labute approximate surface area is 132 Å². The van der Waals surface area contributed by atoms with Crippen molar-refractivity contribution in [2.24, 2.45) is 10.8 Å². The number of halogens is 3. The number of piperidine rings is 1. The number of alkyl halides is 3. The number of carboxylic acids is 1. The van der Waals surface area contributed by atoms with E-state index in [9.17, 15) is 22.8 Å². The number of amides is 1. The topological polar surface area (TPSA) is 60.9 Å². The standard InChI is InChI=1S/C15H21F3N2O3/c1-19(9-15(16,17)18)10-2-4-20(5-3-10)11(21)13-6-14(7-13,8-13)12(22)23/h10H,2-9H2,1H3,(H,22,23). The maximum atomic E-state index is 12.5. The van der Waals surface area contributed by atoms with Gasteiger partial charge in [-0.15, -0.1) is 0 Å². The normalized spacial score (nSPS) is 34.0. The quantitative estimate of drug-likeness (QED) is 0.850. The van der Waals surface area contributed by atoms with Crippen molar-refractivity contribution in [3.8, 4) is 0 Å². The van der Waals surface area contributed by atoms with Crippen LogP contribution in [0.1, 0.15) is 32.1 Å². The summed E-state index contributed by atoms with van der Waals surface area (Å²) in [4.78, 5) is 26.7. The first kappa shape index (κ1) is 16.5. The number of aliphatic carboxylic acids is 1. The zero-order chi connectivity index (χ0) is 17.0. The Kier molecular flexibility index (Phi) is 3.66. The van der Waals surface area contributed by atoms with E-state index in [1.807, 2.05) is 0 Å².